The molecule has 0 saturated carbocycles. The van der Waals surface area contributed by atoms with Crippen LogP contribution in [0.1, 0.15) is 35.0 Å². The van der Waals surface area contributed by atoms with Gasteiger partial charge in [0, 0.05) is 0 Å². The Morgan fingerprint density at radius 2 is 1.94 bits per heavy atom. The lowest BCUT2D eigenvalue weighted by Crippen LogP contribution is -2.08. The third-order valence-corrected chi connectivity index (χ3v) is 3.32. The quantitative estimate of drug-likeness (QED) is 0.602. The fourth-order valence-corrected chi connectivity index (χ4v) is 2.19. The van der Waals surface area contributed by atoms with Crippen LogP contribution in [0.3, 0.4) is 0 Å². The Bertz CT molecular complexity index is 501. The summed E-state index contributed by atoms with van der Waals surface area (Å²) in [6, 6.07) is 11.3. The zero-order valence-corrected chi connectivity index (χ0v) is 10.7. The van der Waals surface area contributed by atoms with E-state index in [1.54, 1.807) is 6.07 Å². The highest BCUT2D eigenvalue weighted by Gasteiger charge is 2.13. The molecule has 0 radical (unpaired) electrons. The van der Waals surface area contributed by atoms with Gasteiger partial charge in [0.25, 0.3) is 0 Å². The van der Waals surface area contributed by atoms with Crippen LogP contribution in [0, 0.1) is 0 Å². The van der Waals surface area contributed by atoms with Crippen molar-refractivity contribution in [3.63, 3.8) is 0 Å². The lowest BCUT2D eigenvalue weighted by atomic mass is 10.0. The van der Waals surface area contributed by atoms with E-state index in [0.717, 1.165) is 5.56 Å². The monoisotopic (exact) mass is 246 g/mol. The summed E-state index contributed by atoms with van der Waals surface area (Å²) in [7, 11) is 0. The van der Waals surface area contributed by atoms with Crippen LogP contribution in [0.15, 0.2) is 41.8 Å². The predicted molar refractivity (Wildman–Crippen MR) is 69.8 cm³/mol. The molecule has 0 atom stereocenters. The van der Waals surface area contributed by atoms with Crippen LogP contribution in [0.5, 0.6) is 5.75 Å². The molecular formula is C14H14O2S. The smallest absolute Gasteiger partial charge is 0.353 e. The number of hydrogen-bond donors (Lipinski definition) is 0. The molecule has 0 amide bonds. The second-order valence-corrected chi connectivity index (χ2v) is 5.01. The van der Waals surface area contributed by atoms with Crippen LogP contribution in [0.25, 0.3) is 0 Å². The van der Waals surface area contributed by atoms with Gasteiger partial charge in [-0.3, -0.25) is 0 Å². The van der Waals surface area contributed by atoms with E-state index >= 15 is 0 Å². The van der Waals surface area contributed by atoms with E-state index in [2.05, 4.69) is 13.8 Å². The largest absolute Gasteiger partial charge is 0.422 e. The highest BCUT2D eigenvalue weighted by Crippen LogP contribution is 2.26. The van der Waals surface area contributed by atoms with Crippen molar-refractivity contribution in [3.05, 3.63) is 52.2 Å². The topological polar surface area (TPSA) is 26.3 Å². The molecule has 1 heterocycles. The van der Waals surface area contributed by atoms with Gasteiger partial charge in [0.15, 0.2) is 0 Å². The average molecular weight is 246 g/mol. The van der Waals surface area contributed by atoms with Crippen LogP contribution in [-0.4, -0.2) is 5.97 Å². The van der Waals surface area contributed by atoms with E-state index in [9.17, 15) is 4.79 Å². The maximum Gasteiger partial charge on any atom is 0.353 e. The van der Waals surface area contributed by atoms with E-state index in [1.807, 2.05) is 35.7 Å². The van der Waals surface area contributed by atoms with Crippen LogP contribution < -0.4 is 4.74 Å². The van der Waals surface area contributed by atoms with Crippen molar-refractivity contribution < 1.29 is 9.53 Å². The summed E-state index contributed by atoms with van der Waals surface area (Å²) in [6.07, 6.45) is 0. The molecule has 2 aromatic rings. The Morgan fingerprint density at radius 3 is 2.59 bits per heavy atom. The molecule has 1 aromatic carbocycles. The Balaban J connectivity index is 2.22. The minimum absolute atomic E-state index is 0.284. The summed E-state index contributed by atoms with van der Waals surface area (Å²) in [5.41, 5.74) is 1.05. The van der Waals surface area contributed by atoms with Crippen molar-refractivity contribution in [1.29, 1.82) is 0 Å². The molecule has 88 valence electrons. The minimum Gasteiger partial charge on any atom is -0.422 e. The number of thiophene rings is 1. The summed E-state index contributed by atoms with van der Waals surface area (Å²) in [6.45, 7) is 4.16. The van der Waals surface area contributed by atoms with Crippen molar-refractivity contribution in [2.45, 2.75) is 19.8 Å². The molecule has 0 N–H and O–H groups in total. The summed E-state index contributed by atoms with van der Waals surface area (Å²) in [4.78, 5) is 12.5. The molecular weight excluding hydrogens is 232 g/mol. The molecule has 17 heavy (non-hydrogen) atoms. The molecule has 0 aliphatic carbocycles. The van der Waals surface area contributed by atoms with Crippen LogP contribution >= 0.6 is 11.3 Å². The van der Waals surface area contributed by atoms with Crippen molar-refractivity contribution in [2.75, 3.05) is 0 Å². The highest BCUT2D eigenvalue weighted by molar-refractivity contribution is 7.12. The zero-order valence-electron chi connectivity index (χ0n) is 9.84. The SMILES string of the molecule is CC(C)c1ccccc1OC(=O)c1cccs1. The minimum atomic E-state index is -0.284. The first-order chi connectivity index (χ1) is 8.18. The van der Waals surface area contributed by atoms with Crippen LogP contribution in [-0.2, 0) is 0 Å². The van der Waals surface area contributed by atoms with E-state index in [4.69, 9.17) is 4.74 Å². The average Bonchev–Trinajstić information content (AvgIpc) is 2.83. The Kier molecular flexibility index (Phi) is 3.59. The summed E-state index contributed by atoms with van der Waals surface area (Å²) in [5.74, 6) is 0.705. The van der Waals surface area contributed by atoms with Crippen molar-refractivity contribution in [3.8, 4) is 5.75 Å². The molecule has 0 fully saturated rings. The molecule has 3 heteroatoms. The number of carbonyl (C=O) groups is 1. The van der Waals surface area contributed by atoms with Crippen LogP contribution in [0.2, 0.25) is 0 Å². The van der Waals surface area contributed by atoms with Gasteiger partial charge in [0.1, 0.15) is 10.6 Å². The summed E-state index contributed by atoms with van der Waals surface area (Å²) < 4.78 is 5.42. The lowest BCUT2D eigenvalue weighted by Gasteiger charge is -2.11. The molecule has 0 bridgehead atoms. The van der Waals surface area contributed by atoms with Gasteiger partial charge < -0.3 is 4.74 Å². The summed E-state index contributed by atoms with van der Waals surface area (Å²) in [5, 5.41) is 1.87. The van der Waals surface area contributed by atoms with Crippen molar-refractivity contribution in [1.82, 2.24) is 0 Å². The molecule has 2 rings (SSSR count). The van der Waals surface area contributed by atoms with Gasteiger partial charge in [-0.2, -0.15) is 0 Å². The fraction of sp³-hybridized carbons (Fsp3) is 0.214. The van der Waals surface area contributed by atoms with E-state index in [0.29, 0.717) is 16.5 Å². The molecule has 0 unspecified atom stereocenters. The van der Waals surface area contributed by atoms with E-state index < -0.39 is 0 Å². The number of benzene rings is 1. The van der Waals surface area contributed by atoms with Gasteiger partial charge in [-0.1, -0.05) is 38.1 Å². The van der Waals surface area contributed by atoms with E-state index in [1.165, 1.54) is 11.3 Å². The first-order valence-corrected chi connectivity index (χ1v) is 6.41. The number of hydrogen-bond acceptors (Lipinski definition) is 3. The van der Waals surface area contributed by atoms with Gasteiger partial charge in [0.05, 0.1) is 0 Å². The molecule has 1 aromatic heterocycles. The highest BCUT2D eigenvalue weighted by atomic mass is 32.1. The Labute approximate surface area is 105 Å². The van der Waals surface area contributed by atoms with E-state index in [-0.39, 0.29) is 5.97 Å². The third kappa shape index (κ3) is 2.74. The molecule has 2 nitrogen and oxygen atoms in total. The van der Waals surface area contributed by atoms with Crippen molar-refractivity contribution in [2.24, 2.45) is 0 Å². The molecule has 0 spiro atoms. The standard InChI is InChI=1S/C14H14O2S/c1-10(2)11-6-3-4-7-12(11)16-14(15)13-8-5-9-17-13/h3-10H,1-2H3. The second-order valence-electron chi connectivity index (χ2n) is 4.06. The van der Waals surface area contributed by atoms with Gasteiger partial charge in [-0.25, -0.2) is 4.79 Å². The molecule has 0 saturated heterocycles. The lowest BCUT2D eigenvalue weighted by molar-refractivity contribution is 0.0738. The number of esters is 1. The van der Waals surface area contributed by atoms with Gasteiger partial charge in [0.2, 0.25) is 0 Å². The first kappa shape index (κ1) is 11.9. The number of ether oxygens (including phenoxy) is 1. The van der Waals surface area contributed by atoms with Crippen LogP contribution in [0.4, 0.5) is 0 Å². The van der Waals surface area contributed by atoms with Gasteiger partial charge in [-0.15, -0.1) is 11.3 Å². The number of para-hydroxylation sites is 1. The Morgan fingerprint density at radius 1 is 1.18 bits per heavy atom. The van der Waals surface area contributed by atoms with Gasteiger partial charge in [-0.05, 0) is 29.0 Å². The maximum absolute atomic E-state index is 11.8. The first-order valence-electron chi connectivity index (χ1n) is 5.53. The predicted octanol–water partition coefficient (Wildman–Crippen LogP) is 4.09. The number of carbonyl (C=O) groups excluding carboxylic acids is 1. The number of rotatable bonds is 3. The van der Waals surface area contributed by atoms with Gasteiger partial charge >= 0.3 is 5.97 Å². The molecule has 0 aliphatic heterocycles. The second kappa shape index (κ2) is 5.15. The third-order valence-electron chi connectivity index (χ3n) is 2.47. The summed E-state index contributed by atoms with van der Waals surface area (Å²) >= 11 is 1.39. The molecule has 0 aliphatic rings. The maximum atomic E-state index is 11.8. The normalized spacial score (nSPS) is 10.5. The fourth-order valence-electron chi connectivity index (χ4n) is 1.60. The van der Waals surface area contributed by atoms with Crippen molar-refractivity contribution >= 4 is 17.3 Å². The Hall–Kier alpha value is -1.61. The zero-order chi connectivity index (χ0) is 12.3.